The fourth-order valence-electron chi connectivity index (χ4n) is 3.58. The van der Waals surface area contributed by atoms with Crippen molar-refractivity contribution < 1.29 is 9.47 Å². The molecule has 3 atom stereocenters. The van der Waals surface area contributed by atoms with Gasteiger partial charge in [0, 0.05) is 23.2 Å². The first kappa shape index (κ1) is 14.9. The minimum absolute atomic E-state index is 0.261. The summed E-state index contributed by atoms with van der Waals surface area (Å²) in [7, 11) is 0. The van der Waals surface area contributed by atoms with Gasteiger partial charge in [-0.2, -0.15) is 0 Å². The second-order valence-electron chi connectivity index (χ2n) is 6.39. The van der Waals surface area contributed by atoms with Crippen LogP contribution in [0.5, 0.6) is 17.2 Å². The van der Waals surface area contributed by atoms with E-state index in [0.29, 0.717) is 22.9 Å². The molecule has 2 bridgehead atoms. The Morgan fingerprint density at radius 1 is 0.870 bits per heavy atom. The molecule has 0 aliphatic carbocycles. The fraction of sp³-hybridized carbons (Fsp3) is 0.368. The zero-order valence-electron chi connectivity index (χ0n) is 12.9. The molecule has 1 unspecified atom stereocenters. The number of hydrogen-bond donors (Lipinski definition) is 1. The number of nitrogens with one attached hydrogen (secondary N) is 1. The SMILES string of the molecule is Clc1cc(Oc2ccccc2)cc(OC2C[C@H]3CC[C@@H](C2)N3)c1. The van der Waals surface area contributed by atoms with Crippen molar-refractivity contribution in [2.24, 2.45) is 0 Å². The van der Waals surface area contributed by atoms with E-state index < -0.39 is 0 Å². The third kappa shape index (κ3) is 3.62. The molecule has 2 aliphatic rings. The Bertz CT molecular complexity index is 664. The standard InChI is InChI=1S/C19H20ClNO2/c20-13-8-17(22-16-4-2-1-3-5-16)12-18(9-13)23-19-10-14-6-7-15(11-19)21-14/h1-5,8-9,12,14-15,19,21H,6-7,10-11H2/t14-,15+,19?. The van der Waals surface area contributed by atoms with E-state index in [-0.39, 0.29) is 6.10 Å². The van der Waals surface area contributed by atoms with Crippen molar-refractivity contribution >= 4 is 11.6 Å². The zero-order chi connectivity index (χ0) is 15.6. The van der Waals surface area contributed by atoms with Crippen molar-refractivity contribution in [3.63, 3.8) is 0 Å². The number of ether oxygens (including phenoxy) is 2. The van der Waals surface area contributed by atoms with Gasteiger partial charge in [-0.25, -0.2) is 0 Å². The van der Waals surface area contributed by atoms with Crippen LogP contribution in [0.3, 0.4) is 0 Å². The molecule has 0 radical (unpaired) electrons. The largest absolute Gasteiger partial charge is 0.490 e. The molecule has 0 aromatic heterocycles. The van der Waals surface area contributed by atoms with Gasteiger partial charge >= 0.3 is 0 Å². The maximum atomic E-state index is 6.23. The number of halogens is 1. The van der Waals surface area contributed by atoms with E-state index in [1.54, 1.807) is 0 Å². The lowest BCUT2D eigenvalue weighted by molar-refractivity contribution is 0.137. The Hall–Kier alpha value is -1.71. The minimum Gasteiger partial charge on any atom is -0.490 e. The van der Waals surface area contributed by atoms with Crippen LogP contribution < -0.4 is 14.8 Å². The molecule has 4 rings (SSSR count). The molecule has 2 fully saturated rings. The number of hydrogen-bond acceptors (Lipinski definition) is 3. The highest BCUT2D eigenvalue weighted by atomic mass is 35.5. The maximum absolute atomic E-state index is 6.23. The van der Waals surface area contributed by atoms with Crippen molar-refractivity contribution in [2.75, 3.05) is 0 Å². The molecule has 0 amide bonds. The first-order valence-corrected chi connectivity index (χ1v) is 8.58. The Balaban J connectivity index is 1.48. The quantitative estimate of drug-likeness (QED) is 0.874. The summed E-state index contributed by atoms with van der Waals surface area (Å²) in [6.07, 6.45) is 4.93. The van der Waals surface area contributed by atoms with Gasteiger partial charge in [-0.05, 0) is 49.9 Å². The summed E-state index contributed by atoms with van der Waals surface area (Å²) >= 11 is 6.23. The van der Waals surface area contributed by atoms with E-state index in [1.807, 2.05) is 48.5 Å². The number of benzene rings is 2. The molecular formula is C19H20ClNO2. The van der Waals surface area contributed by atoms with Gasteiger partial charge in [-0.1, -0.05) is 29.8 Å². The lowest BCUT2D eigenvalue weighted by Gasteiger charge is -2.29. The van der Waals surface area contributed by atoms with E-state index >= 15 is 0 Å². The van der Waals surface area contributed by atoms with Crippen LogP contribution in [0.15, 0.2) is 48.5 Å². The lowest BCUT2D eigenvalue weighted by atomic mass is 10.0. The van der Waals surface area contributed by atoms with Crippen LogP contribution in [0.25, 0.3) is 0 Å². The van der Waals surface area contributed by atoms with Crippen LogP contribution in [0, 0.1) is 0 Å². The predicted octanol–water partition coefficient (Wildman–Crippen LogP) is 4.79. The number of rotatable bonds is 4. The van der Waals surface area contributed by atoms with E-state index in [2.05, 4.69) is 5.32 Å². The molecular weight excluding hydrogens is 310 g/mol. The van der Waals surface area contributed by atoms with Gasteiger partial charge in [0.1, 0.15) is 23.4 Å². The molecule has 4 heteroatoms. The smallest absolute Gasteiger partial charge is 0.132 e. The molecule has 2 saturated heterocycles. The van der Waals surface area contributed by atoms with Gasteiger partial charge in [0.15, 0.2) is 0 Å². The average molecular weight is 330 g/mol. The zero-order valence-corrected chi connectivity index (χ0v) is 13.6. The molecule has 2 aromatic rings. The summed E-state index contributed by atoms with van der Waals surface area (Å²) in [6.45, 7) is 0. The summed E-state index contributed by atoms with van der Waals surface area (Å²) in [4.78, 5) is 0. The summed E-state index contributed by atoms with van der Waals surface area (Å²) in [5, 5.41) is 4.26. The molecule has 2 aliphatic heterocycles. The van der Waals surface area contributed by atoms with Crippen molar-refractivity contribution in [3.05, 3.63) is 53.6 Å². The first-order chi connectivity index (χ1) is 11.2. The summed E-state index contributed by atoms with van der Waals surface area (Å²) in [5.41, 5.74) is 0. The van der Waals surface area contributed by atoms with E-state index in [4.69, 9.17) is 21.1 Å². The second kappa shape index (κ2) is 6.42. The Labute approximate surface area is 141 Å². The Morgan fingerprint density at radius 3 is 2.30 bits per heavy atom. The van der Waals surface area contributed by atoms with Gasteiger partial charge in [-0.15, -0.1) is 0 Å². The summed E-state index contributed by atoms with van der Waals surface area (Å²) in [6, 6.07) is 16.5. The highest BCUT2D eigenvalue weighted by Crippen LogP contribution is 2.33. The number of piperidine rings is 1. The van der Waals surface area contributed by atoms with Crippen molar-refractivity contribution in [1.29, 1.82) is 0 Å². The Kier molecular flexibility index (Phi) is 4.15. The van der Waals surface area contributed by atoms with Crippen LogP contribution in [0.2, 0.25) is 5.02 Å². The number of fused-ring (bicyclic) bond motifs is 2. The van der Waals surface area contributed by atoms with Crippen LogP contribution in [0.4, 0.5) is 0 Å². The summed E-state index contributed by atoms with van der Waals surface area (Å²) in [5.74, 6) is 2.28. The third-order valence-electron chi connectivity index (χ3n) is 4.56. The van der Waals surface area contributed by atoms with Crippen molar-refractivity contribution in [2.45, 2.75) is 43.9 Å². The highest BCUT2D eigenvalue weighted by Gasteiger charge is 2.34. The van der Waals surface area contributed by atoms with Gasteiger partial charge in [0.2, 0.25) is 0 Å². The molecule has 0 saturated carbocycles. The summed E-state index contributed by atoms with van der Waals surface area (Å²) < 4.78 is 12.1. The fourth-order valence-corrected chi connectivity index (χ4v) is 3.80. The van der Waals surface area contributed by atoms with Crippen molar-refractivity contribution in [3.8, 4) is 17.2 Å². The van der Waals surface area contributed by atoms with Crippen LogP contribution in [-0.2, 0) is 0 Å². The van der Waals surface area contributed by atoms with E-state index in [1.165, 1.54) is 12.8 Å². The average Bonchev–Trinajstić information content (AvgIpc) is 2.86. The highest BCUT2D eigenvalue weighted by molar-refractivity contribution is 6.30. The minimum atomic E-state index is 0.261. The van der Waals surface area contributed by atoms with Crippen LogP contribution >= 0.6 is 11.6 Å². The van der Waals surface area contributed by atoms with Gasteiger partial charge in [0.05, 0.1) is 0 Å². The molecule has 23 heavy (non-hydrogen) atoms. The normalized spacial score (nSPS) is 26.0. The van der Waals surface area contributed by atoms with Crippen LogP contribution in [-0.4, -0.2) is 18.2 Å². The first-order valence-electron chi connectivity index (χ1n) is 8.21. The molecule has 120 valence electrons. The maximum Gasteiger partial charge on any atom is 0.132 e. The topological polar surface area (TPSA) is 30.5 Å². The monoisotopic (exact) mass is 329 g/mol. The molecule has 2 aromatic carbocycles. The van der Waals surface area contributed by atoms with Crippen molar-refractivity contribution in [1.82, 2.24) is 5.32 Å². The van der Waals surface area contributed by atoms with E-state index in [0.717, 1.165) is 24.3 Å². The second-order valence-corrected chi connectivity index (χ2v) is 6.82. The van der Waals surface area contributed by atoms with Gasteiger partial charge in [0.25, 0.3) is 0 Å². The van der Waals surface area contributed by atoms with Gasteiger partial charge < -0.3 is 14.8 Å². The molecule has 3 nitrogen and oxygen atoms in total. The van der Waals surface area contributed by atoms with E-state index in [9.17, 15) is 0 Å². The number of para-hydroxylation sites is 1. The van der Waals surface area contributed by atoms with Crippen LogP contribution in [0.1, 0.15) is 25.7 Å². The van der Waals surface area contributed by atoms with Gasteiger partial charge in [-0.3, -0.25) is 0 Å². The lowest BCUT2D eigenvalue weighted by Crippen LogP contribution is -2.42. The molecule has 2 heterocycles. The predicted molar refractivity (Wildman–Crippen MR) is 91.6 cm³/mol. The third-order valence-corrected chi connectivity index (χ3v) is 4.77. The Morgan fingerprint density at radius 2 is 1.57 bits per heavy atom. The molecule has 0 spiro atoms. The molecule has 1 N–H and O–H groups in total.